The van der Waals surface area contributed by atoms with Crippen LogP contribution in [-0.2, 0) is 0 Å². The molecular formula is C13H15NO2. The van der Waals surface area contributed by atoms with Crippen LogP contribution in [0.2, 0.25) is 0 Å². The van der Waals surface area contributed by atoms with Crippen LogP contribution in [0.15, 0.2) is 42.5 Å². The molecule has 1 atom stereocenters. The molecule has 0 saturated carbocycles. The predicted molar refractivity (Wildman–Crippen MR) is 64.3 cm³/mol. The number of aliphatic hydroxyl groups is 1. The van der Waals surface area contributed by atoms with Crippen LogP contribution in [0.4, 0.5) is 0 Å². The van der Waals surface area contributed by atoms with Crippen molar-refractivity contribution >= 4 is 10.8 Å². The molecule has 0 aliphatic heterocycles. The molecule has 0 spiro atoms. The summed E-state index contributed by atoms with van der Waals surface area (Å²) in [6.45, 7) is 2.11. The third-order valence-electron chi connectivity index (χ3n) is 2.31. The van der Waals surface area contributed by atoms with E-state index in [9.17, 15) is 0 Å². The number of rotatable bonds is 4. The zero-order valence-electron chi connectivity index (χ0n) is 9.18. The third-order valence-corrected chi connectivity index (χ3v) is 2.31. The fourth-order valence-corrected chi connectivity index (χ4v) is 1.52. The molecule has 0 saturated heterocycles. The lowest BCUT2D eigenvalue weighted by atomic mass is 10.1. The number of nitrogens with one attached hydrogen (secondary N) is 1. The number of benzene rings is 2. The topological polar surface area (TPSA) is 41.5 Å². The summed E-state index contributed by atoms with van der Waals surface area (Å²) in [4.78, 5) is 5.42. The van der Waals surface area contributed by atoms with Crippen LogP contribution >= 0.6 is 0 Å². The van der Waals surface area contributed by atoms with Gasteiger partial charge in [0.1, 0.15) is 0 Å². The fourth-order valence-electron chi connectivity index (χ4n) is 1.52. The van der Waals surface area contributed by atoms with E-state index in [0.29, 0.717) is 6.54 Å². The molecule has 2 N–H and O–H groups in total. The van der Waals surface area contributed by atoms with Gasteiger partial charge in [-0.05, 0) is 18.4 Å². The van der Waals surface area contributed by atoms with Crippen molar-refractivity contribution in [1.29, 1.82) is 0 Å². The van der Waals surface area contributed by atoms with E-state index in [1.54, 1.807) is 6.92 Å². The first-order chi connectivity index (χ1) is 7.77. The molecule has 16 heavy (non-hydrogen) atoms. The molecule has 0 aliphatic rings. The van der Waals surface area contributed by atoms with Gasteiger partial charge in [0.25, 0.3) is 0 Å². The average Bonchev–Trinajstić information content (AvgIpc) is 2.29. The van der Waals surface area contributed by atoms with Crippen LogP contribution in [0, 0.1) is 0 Å². The van der Waals surface area contributed by atoms with Gasteiger partial charge in [-0.3, -0.25) is 0 Å². The highest BCUT2D eigenvalue weighted by Gasteiger charge is 2.01. The second-order valence-electron chi connectivity index (χ2n) is 3.78. The Balaban J connectivity index is 2.17. The van der Waals surface area contributed by atoms with Crippen LogP contribution in [-0.4, -0.2) is 17.8 Å². The molecular weight excluding hydrogens is 202 g/mol. The lowest BCUT2D eigenvalue weighted by Gasteiger charge is -2.10. The molecule has 0 fully saturated rings. The quantitative estimate of drug-likeness (QED) is 0.771. The van der Waals surface area contributed by atoms with Crippen molar-refractivity contribution in [3.05, 3.63) is 42.5 Å². The van der Waals surface area contributed by atoms with Gasteiger partial charge >= 0.3 is 0 Å². The summed E-state index contributed by atoms with van der Waals surface area (Å²) in [7, 11) is 0. The summed E-state index contributed by atoms with van der Waals surface area (Å²) < 4.78 is 0. The van der Waals surface area contributed by atoms with Crippen molar-refractivity contribution in [1.82, 2.24) is 5.48 Å². The Bertz CT molecular complexity index is 463. The number of hydrogen-bond acceptors (Lipinski definition) is 3. The molecule has 2 aromatic rings. The average molecular weight is 217 g/mol. The van der Waals surface area contributed by atoms with E-state index in [1.807, 2.05) is 42.5 Å². The SMILES string of the molecule is C[C@@H](O)CNOc1cccc2ccccc12. The minimum atomic E-state index is -0.421. The van der Waals surface area contributed by atoms with E-state index in [-0.39, 0.29) is 0 Å². The largest absolute Gasteiger partial charge is 0.408 e. The molecule has 0 bridgehead atoms. The monoisotopic (exact) mass is 217 g/mol. The highest BCUT2D eigenvalue weighted by atomic mass is 16.6. The van der Waals surface area contributed by atoms with Gasteiger partial charge in [0.15, 0.2) is 5.75 Å². The summed E-state index contributed by atoms with van der Waals surface area (Å²) in [5.74, 6) is 0.777. The lowest BCUT2D eigenvalue weighted by molar-refractivity contribution is 0.120. The second-order valence-corrected chi connectivity index (χ2v) is 3.78. The van der Waals surface area contributed by atoms with Crippen molar-refractivity contribution in [2.45, 2.75) is 13.0 Å². The second kappa shape index (κ2) is 4.96. The van der Waals surface area contributed by atoms with E-state index < -0.39 is 6.10 Å². The number of fused-ring (bicyclic) bond motifs is 1. The van der Waals surface area contributed by atoms with E-state index in [4.69, 9.17) is 9.94 Å². The number of aliphatic hydroxyl groups excluding tert-OH is 1. The molecule has 3 heteroatoms. The van der Waals surface area contributed by atoms with Crippen LogP contribution in [0.25, 0.3) is 10.8 Å². The van der Waals surface area contributed by atoms with E-state index in [2.05, 4.69) is 5.48 Å². The summed E-state index contributed by atoms with van der Waals surface area (Å²) >= 11 is 0. The molecule has 3 nitrogen and oxygen atoms in total. The van der Waals surface area contributed by atoms with Gasteiger partial charge in [-0.15, -0.1) is 0 Å². The van der Waals surface area contributed by atoms with E-state index in [0.717, 1.165) is 16.5 Å². The molecule has 2 rings (SSSR count). The molecule has 0 heterocycles. The Morgan fingerprint density at radius 3 is 2.75 bits per heavy atom. The zero-order chi connectivity index (χ0) is 11.4. The Morgan fingerprint density at radius 2 is 1.94 bits per heavy atom. The first kappa shape index (κ1) is 10.9. The van der Waals surface area contributed by atoms with Gasteiger partial charge in [0.05, 0.1) is 12.6 Å². The van der Waals surface area contributed by atoms with Crippen LogP contribution in [0.3, 0.4) is 0 Å². The van der Waals surface area contributed by atoms with Gasteiger partial charge in [-0.1, -0.05) is 36.4 Å². The van der Waals surface area contributed by atoms with Crippen molar-refractivity contribution in [3.8, 4) is 5.75 Å². The van der Waals surface area contributed by atoms with Gasteiger partial charge in [-0.2, -0.15) is 5.48 Å². The molecule has 0 unspecified atom stereocenters. The maximum absolute atomic E-state index is 9.10. The third kappa shape index (κ3) is 2.51. The lowest BCUT2D eigenvalue weighted by Crippen LogP contribution is -2.27. The van der Waals surface area contributed by atoms with Crippen LogP contribution < -0.4 is 10.3 Å². The van der Waals surface area contributed by atoms with Gasteiger partial charge in [-0.25, -0.2) is 0 Å². The first-order valence-electron chi connectivity index (χ1n) is 5.33. The Kier molecular flexibility index (Phi) is 3.39. The highest BCUT2D eigenvalue weighted by Crippen LogP contribution is 2.24. The maximum atomic E-state index is 9.10. The van der Waals surface area contributed by atoms with E-state index in [1.165, 1.54) is 0 Å². The Morgan fingerprint density at radius 1 is 1.19 bits per heavy atom. The van der Waals surface area contributed by atoms with Crippen molar-refractivity contribution in [2.24, 2.45) is 0 Å². The predicted octanol–water partition coefficient (Wildman–Crippen LogP) is 2.10. The van der Waals surface area contributed by atoms with Gasteiger partial charge < -0.3 is 9.94 Å². The summed E-state index contributed by atoms with van der Waals surface area (Å²) in [5.41, 5.74) is 2.74. The summed E-state index contributed by atoms with van der Waals surface area (Å²) in [6.07, 6.45) is -0.421. The standard InChI is InChI=1S/C13H15NO2/c1-10(15)9-14-16-13-8-4-6-11-5-2-3-7-12(11)13/h2-8,10,14-15H,9H2,1H3/t10-/m1/s1. The van der Waals surface area contributed by atoms with Crippen LogP contribution in [0.1, 0.15) is 6.92 Å². The Labute approximate surface area is 94.6 Å². The first-order valence-corrected chi connectivity index (χ1v) is 5.33. The van der Waals surface area contributed by atoms with Crippen molar-refractivity contribution in [2.75, 3.05) is 6.54 Å². The smallest absolute Gasteiger partial charge is 0.154 e. The van der Waals surface area contributed by atoms with Gasteiger partial charge in [0, 0.05) is 5.39 Å². The zero-order valence-corrected chi connectivity index (χ0v) is 9.18. The molecule has 0 amide bonds. The number of hydrogen-bond donors (Lipinski definition) is 2. The van der Waals surface area contributed by atoms with Crippen LogP contribution in [0.5, 0.6) is 5.75 Å². The highest BCUT2D eigenvalue weighted by molar-refractivity contribution is 5.88. The van der Waals surface area contributed by atoms with Gasteiger partial charge in [0.2, 0.25) is 0 Å². The molecule has 2 aromatic carbocycles. The molecule has 0 aromatic heterocycles. The molecule has 0 aliphatic carbocycles. The molecule has 0 radical (unpaired) electrons. The van der Waals surface area contributed by atoms with Crippen molar-refractivity contribution < 1.29 is 9.94 Å². The normalized spacial score (nSPS) is 12.6. The minimum Gasteiger partial charge on any atom is -0.408 e. The summed E-state index contributed by atoms with van der Waals surface area (Å²) in [5, 5.41) is 11.3. The fraction of sp³-hybridized carbons (Fsp3) is 0.231. The number of hydroxylamine groups is 1. The maximum Gasteiger partial charge on any atom is 0.154 e. The van der Waals surface area contributed by atoms with E-state index >= 15 is 0 Å². The Hall–Kier alpha value is -1.58. The van der Waals surface area contributed by atoms with Crippen molar-refractivity contribution in [3.63, 3.8) is 0 Å². The molecule has 84 valence electrons. The minimum absolute atomic E-state index is 0.406. The summed E-state index contributed by atoms with van der Waals surface area (Å²) in [6, 6.07) is 13.9.